The van der Waals surface area contributed by atoms with Crippen molar-refractivity contribution in [3.63, 3.8) is 0 Å². The van der Waals surface area contributed by atoms with Crippen molar-refractivity contribution in [1.82, 2.24) is 9.80 Å². The quantitative estimate of drug-likeness (QED) is 0.784. The Labute approximate surface area is 146 Å². The summed E-state index contributed by atoms with van der Waals surface area (Å²) in [6, 6.07) is 5.81. The fourth-order valence-corrected chi connectivity index (χ4v) is 3.19. The molecule has 2 aromatic rings. The zero-order chi connectivity index (χ0) is 16.8. The van der Waals surface area contributed by atoms with Crippen LogP contribution in [0.5, 0.6) is 11.5 Å². The first-order valence-corrected chi connectivity index (χ1v) is 8.75. The van der Waals surface area contributed by atoms with Crippen LogP contribution in [0.3, 0.4) is 0 Å². The molecule has 0 aliphatic carbocycles. The SMILES string of the molecule is COc1ccc(CN(CCN(C)C)Cc2ccsc2)c(Cl)c1O. The van der Waals surface area contributed by atoms with E-state index in [0.29, 0.717) is 17.3 Å². The number of phenolic OH excluding ortho intramolecular Hbond substituents is 1. The van der Waals surface area contributed by atoms with Gasteiger partial charge in [-0.25, -0.2) is 0 Å². The van der Waals surface area contributed by atoms with E-state index >= 15 is 0 Å². The van der Waals surface area contributed by atoms with Crippen molar-refractivity contribution in [2.24, 2.45) is 0 Å². The fraction of sp³-hybridized carbons (Fsp3) is 0.412. The average Bonchev–Trinajstić information content (AvgIpc) is 3.02. The van der Waals surface area contributed by atoms with Crippen LogP contribution in [0.2, 0.25) is 5.02 Å². The highest BCUT2D eigenvalue weighted by molar-refractivity contribution is 7.07. The summed E-state index contributed by atoms with van der Waals surface area (Å²) >= 11 is 8.00. The Morgan fingerprint density at radius 1 is 1.17 bits per heavy atom. The van der Waals surface area contributed by atoms with E-state index in [1.54, 1.807) is 17.4 Å². The molecule has 0 saturated carbocycles. The van der Waals surface area contributed by atoms with Crippen LogP contribution in [0, 0.1) is 0 Å². The average molecular weight is 355 g/mol. The number of methoxy groups -OCH3 is 1. The van der Waals surface area contributed by atoms with Crippen molar-refractivity contribution in [2.45, 2.75) is 13.1 Å². The zero-order valence-electron chi connectivity index (χ0n) is 13.8. The van der Waals surface area contributed by atoms with Crippen LogP contribution in [0.25, 0.3) is 0 Å². The molecule has 23 heavy (non-hydrogen) atoms. The van der Waals surface area contributed by atoms with Gasteiger partial charge in [0.25, 0.3) is 0 Å². The van der Waals surface area contributed by atoms with E-state index in [9.17, 15) is 5.11 Å². The Bertz CT molecular complexity index is 617. The molecular weight excluding hydrogens is 332 g/mol. The lowest BCUT2D eigenvalue weighted by atomic mass is 10.1. The number of phenols is 1. The number of likely N-dealkylation sites (N-methyl/N-ethyl adjacent to an activating group) is 1. The summed E-state index contributed by atoms with van der Waals surface area (Å²) in [5.41, 5.74) is 2.20. The number of benzene rings is 1. The number of thiophene rings is 1. The van der Waals surface area contributed by atoms with E-state index in [1.807, 2.05) is 6.07 Å². The molecule has 0 aliphatic heterocycles. The van der Waals surface area contributed by atoms with E-state index in [-0.39, 0.29) is 5.75 Å². The summed E-state index contributed by atoms with van der Waals surface area (Å²) in [7, 11) is 5.65. The third-order valence-electron chi connectivity index (χ3n) is 3.62. The van der Waals surface area contributed by atoms with Crippen LogP contribution in [0.4, 0.5) is 0 Å². The predicted molar refractivity (Wildman–Crippen MR) is 96.7 cm³/mol. The molecule has 2 rings (SSSR count). The minimum Gasteiger partial charge on any atom is -0.503 e. The first kappa shape index (κ1) is 18.1. The second kappa shape index (κ2) is 8.55. The Hall–Kier alpha value is -1.27. The van der Waals surface area contributed by atoms with Crippen LogP contribution in [-0.2, 0) is 13.1 Å². The Kier molecular flexibility index (Phi) is 6.72. The van der Waals surface area contributed by atoms with Crippen LogP contribution >= 0.6 is 22.9 Å². The molecular formula is C17H23ClN2O2S. The van der Waals surface area contributed by atoms with Crippen LogP contribution < -0.4 is 4.74 Å². The minimum atomic E-state index is 0.00904. The van der Waals surface area contributed by atoms with Gasteiger partial charge in [-0.05, 0) is 48.1 Å². The van der Waals surface area contributed by atoms with Crippen LogP contribution in [-0.4, -0.2) is 49.2 Å². The van der Waals surface area contributed by atoms with E-state index < -0.39 is 0 Å². The number of aromatic hydroxyl groups is 1. The van der Waals surface area contributed by atoms with Gasteiger partial charge in [-0.3, -0.25) is 4.90 Å². The minimum absolute atomic E-state index is 0.00904. The lowest BCUT2D eigenvalue weighted by Gasteiger charge is -2.24. The third-order valence-corrected chi connectivity index (χ3v) is 4.78. The molecule has 1 N–H and O–H groups in total. The molecule has 4 nitrogen and oxygen atoms in total. The maximum absolute atomic E-state index is 10.1. The largest absolute Gasteiger partial charge is 0.503 e. The molecule has 1 aromatic heterocycles. The molecule has 0 amide bonds. The lowest BCUT2D eigenvalue weighted by molar-refractivity contribution is 0.226. The van der Waals surface area contributed by atoms with Crippen molar-refractivity contribution < 1.29 is 9.84 Å². The van der Waals surface area contributed by atoms with Crippen LogP contribution in [0.1, 0.15) is 11.1 Å². The maximum atomic E-state index is 10.1. The summed E-state index contributed by atoms with van der Waals surface area (Å²) in [4.78, 5) is 4.49. The number of halogens is 1. The molecule has 1 heterocycles. The molecule has 0 atom stereocenters. The molecule has 0 saturated heterocycles. The molecule has 0 aliphatic rings. The number of hydrogen-bond acceptors (Lipinski definition) is 5. The summed E-state index contributed by atoms with van der Waals surface area (Å²) in [6.07, 6.45) is 0. The normalized spacial score (nSPS) is 11.4. The van der Waals surface area contributed by atoms with Gasteiger partial charge in [0.15, 0.2) is 11.5 Å². The third kappa shape index (κ3) is 5.11. The van der Waals surface area contributed by atoms with Gasteiger partial charge >= 0.3 is 0 Å². The summed E-state index contributed by atoms with van der Waals surface area (Å²) in [5, 5.41) is 14.7. The summed E-state index contributed by atoms with van der Waals surface area (Å²) in [5.74, 6) is 0.409. The van der Waals surface area contributed by atoms with Gasteiger partial charge in [-0.1, -0.05) is 17.7 Å². The summed E-state index contributed by atoms with van der Waals surface area (Å²) < 4.78 is 5.10. The van der Waals surface area contributed by atoms with E-state index in [0.717, 1.165) is 25.2 Å². The second-order valence-corrected chi connectivity index (χ2v) is 6.89. The number of nitrogens with zero attached hydrogens (tertiary/aromatic N) is 2. The zero-order valence-corrected chi connectivity index (χ0v) is 15.3. The fourth-order valence-electron chi connectivity index (χ4n) is 2.31. The highest BCUT2D eigenvalue weighted by Crippen LogP contribution is 2.36. The maximum Gasteiger partial charge on any atom is 0.177 e. The van der Waals surface area contributed by atoms with Gasteiger partial charge in [-0.2, -0.15) is 11.3 Å². The van der Waals surface area contributed by atoms with E-state index in [4.69, 9.17) is 16.3 Å². The Morgan fingerprint density at radius 2 is 1.96 bits per heavy atom. The van der Waals surface area contributed by atoms with E-state index in [2.05, 4.69) is 40.7 Å². The number of hydrogen-bond donors (Lipinski definition) is 1. The van der Waals surface area contributed by atoms with Gasteiger partial charge in [0.2, 0.25) is 0 Å². The molecule has 0 radical (unpaired) electrons. The van der Waals surface area contributed by atoms with Crippen molar-refractivity contribution in [2.75, 3.05) is 34.3 Å². The molecule has 0 bridgehead atoms. The smallest absolute Gasteiger partial charge is 0.177 e. The molecule has 0 fully saturated rings. The molecule has 0 unspecified atom stereocenters. The predicted octanol–water partition coefficient (Wildman–Crippen LogP) is 3.68. The first-order chi connectivity index (χ1) is 11.0. The highest BCUT2D eigenvalue weighted by Gasteiger charge is 2.15. The highest BCUT2D eigenvalue weighted by atomic mass is 35.5. The Morgan fingerprint density at radius 3 is 2.57 bits per heavy atom. The standard InChI is InChI=1S/C17H23ClN2O2S/c1-19(2)7-8-20(10-13-6-9-23-12-13)11-14-4-5-15(22-3)17(21)16(14)18/h4-6,9,12,21H,7-8,10-11H2,1-3H3. The molecule has 0 spiro atoms. The number of rotatable bonds is 8. The molecule has 6 heteroatoms. The van der Waals surface area contributed by atoms with Crippen LogP contribution in [0.15, 0.2) is 29.0 Å². The molecule has 1 aromatic carbocycles. The summed E-state index contributed by atoms with van der Waals surface area (Å²) in [6.45, 7) is 3.43. The second-order valence-electron chi connectivity index (χ2n) is 5.74. The topological polar surface area (TPSA) is 35.9 Å². The Balaban J connectivity index is 2.14. The van der Waals surface area contributed by atoms with Crippen molar-refractivity contribution in [1.29, 1.82) is 0 Å². The monoisotopic (exact) mass is 354 g/mol. The van der Waals surface area contributed by atoms with Gasteiger partial charge in [0, 0.05) is 26.2 Å². The first-order valence-electron chi connectivity index (χ1n) is 7.43. The van der Waals surface area contributed by atoms with E-state index in [1.165, 1.54) is 12.7 Å². The van der Waals surface area contributed by atoms with Crippen molar-refractivity contribution in [3.05, 3.63) is 45.1 Å². The van der Waals surface area contributed by atoms with Gasteiger partial charge < -0.3 is 14.7 Å². The van der Waals surface area contributed by atoms with Gasteiger partial charge in [-0.15, -0.1) is 0 Å². The van der Waals surface area contributed by atoms with Crippen molar-refractivity contribution >= 4 is 22.9 Å². The lowest BCUT2D eigenvalue weighted by Crippen LogP contribution is -2.31. The molecule has 126 valence electrons. The van der Waals surface area contributed by atoms with Gasteiger partial charge in [0.05, 0.1) is 12.1 Å². The van der Waals surface area contributed by atoms with Gasteiger partial charge in [0.1, 0.15) is 0 Å². The number of ether oxygens (including phenoxy) is 1. The van der Waals surface area contributed by atoms with Crippen molar-refractivity contribution in [3.8, 4) is 11.5 Å².